The Bertz CT molecular complexity index is 1140. The zero-order valence-corrected chi connectivity index (χ0v) is 24.8. The number of aromatic nitrogens is 2. The van der Waals surface area contributed by atoms with E-state index in [4.69, 9.17) is 0 Å². The second kappa shape index (κ2) is 13.4. The van der Waals surface area contributed by atoms with Crippen molar-refractivity contribution in [2.24, 2.45) is 0 Å². The fourth-order valence-corrected chi connectivity index (χ4v) is 4.27. The van der Waals surface area contributed by atoms with E-state index in [1.165, 1.54) is 11.1 Å². The Kier molecular flexibility index (Phi) is 11.2. The van der Waals surface area contributed by atoms with Crippen LogP contribution in [-0.2, 0) is 25.5 Å². The maximum absolute atomic E-state index is 4.62. The molecule has 0 saturated heterocycles. The van der Waals surface area contributed by atoms with Gasteiger partial charge >= 0.3 is 20.1 Å². The molecule has 0 aliphatic rings. The van der Waals surface area contributed by atoms with Gasteiger partial charge in [0, 0.05) is 10.4 Å². The van der Waals surface area contributed by atoms with E-state index in [1.54, 1.807) is 17.7 Å². The van der Waals surface area contributed by atoms with Crippen molar-refractivity contribution in [3.63, 3.8) is 0 Å². The number of hydrogen-bond acceptors (Lipinski definition) is 3. The van der Waals surface area contributed by atoms with Gasteiger partial charge in [-0.05, 0) is 16.9 Å². The van der Waals surface area contributed by atoms with Crippen molar-refractivity contribution in [1.29, 1.82) is 0 Å². The van der Waals surface area contributed by atoms with Crippen molar-refractivity contribution < 1.29 is 20.1 Å². The van der Waals surface area contributed by atoms with Crippen molar-refractivity contribution in [3.05, 3.63) is 94.1 Å². The summed E-state index contributed by atoms with van der Waals surface area (Å²) >= 11 is 1.67. The Labute approximate surface area is 228 Å². The van der Waals surface area contributed by atoms with Crippen LogP contribution in [0.15, 0.2) is 66.3 Å². The van der Waals surface area contributed by atoms with Gasteiger partial charge in [0.25, 0.3) is 0 Å². The molecule has 0 N–H and O–H groups in total. The second-order valence-corrected chi connectivity index (χ2v) is 10.8. The Morgan fingerprint density at radius 2 is 1.51 bits per heavy atom. The van der Waals surface area contributed by atoms with Crippen LogP contribution in [0.2, 0.25) is 0 Å². The van der Waals surface area contributed by atoms with Crippen LogP contribution in [0, 0.1) is 6.07 Å². The quantitative estimate of drug-likeness (QED) is 0.194. The summed E-state index contributed by atoms with van der Waals surface area (Å²) in [5.74, 6) is 0. The molecule has 0 unspecified atom stereocenters. The van der Waals surface area contributed by atoms with Gasteiger partial charge in [-0.2, -0.15) is 11.3 Å². The number of fused-ring (bicyclic) bond motifs is 1. The molecule has 0 atom stereocenters. The van der Waals surface area contributed by atoms with Gasteiger partial charge in [-0.3, -0.25) is 4.98 Å². The van der Waals surface area contributed by atoms with Crippen LogP contribution in [0.4, 0.5) is 0 Å². The third-order valence-electron chi connectivity index (χ3n) is 5.15. The minimum atomic E-state index is -0.00815. The standard InChI is InChI=1S/C16H15N2S.C13H20N2.Ir/c1-16(2,3)12-6-4-11(5-7-12)14-15-13(8-9-19-15)17-10-18-14;1-10(2)14-13(15-11(3)4)12-8-6-5-7-9-12;/h4,6-10H,1-3H3;5-11,13H,1-4H3;/q-1;-2;+3. The molecular formula is C29H35IrN4S. The number of hydrogen-bond donors (Lipinski definition) is 0. The van der Waals surface area contributed by atoms with Crippen LogP contribution in [0.25, 0.3) is 32.1 Å². The predicted octanol–water partition coefficient (Wildman–Crippen LogP) is 8.70. The summed E-state index contributed by atoms with van der Waals surface area (Å²) in [5, 5.41) is 11.3. The summed E-state index contributed by atoms with van der Waals surface area (Å²) in [7, 11) is 0. The fraction of sp³-hybridized carbons (Fsp3) is 0.379. The average Bonchev–Trinajstić information content (AvgIpc) is 3.28. The van der Waals surface area contributed by atoms with Gasteiger partial charge in [0.1, 0.15) is 6.33 Å². The molecule has 2 aromatic carbocycles. The van der Waals surface area contributed by atoms with Crippen LogP contribution in [0.3, 0.4) is 0 Å². The van der Waals surface area contributed by atoms with E-state index in [-0.39, 0.29) is 31.7 Å². The minimum Gasteiger partial charge on any atom is -0.672 e. The molecule has 4 rings (SSSR count). The average molecular weight is 664 g/mol. The van der Waals surface area contributed by atoms with Crippen molar-refractivity contribution in [3.8, 4) is 11.3 Å². The molecule has 2 aromatic heterocycles. The third kappa shape index (κ3) is 8.59. The molecule has 0 bridgehead atoms. The van der Waals surface area contributed by atoms with E-state index in [1.807, 2.05) is 29.6 Å². The maximum atomic E-state index is 4.62. The topological polar surface area (TPSA) is 54.0 Å². The molecule has 0 fully saturated rings. The molecule has 0 amide bonds. The number of rotatable bonds is 6. The summed E-state index contributed by atoms with van der Waals surface area (Å²) in [6.07, 6.45) is 1.61. The number of benzene rings is 2. The molecule has 35 heavy (non-hydrogen) atoms. The first-order valence-corrected chi connectivity index (χ1v) is 12.7. The zero-order valence-electron chi connectivity index (χ0n) is 21.6. The largest absolute Gasteiger partial charge is 3.00 e. The van der Waals surface area contributed by atoms with Gasteiger partial charge in [0.2, 0.25) is 0 Å². The van der Waals surface area contributed by atoms with Crippen molar-refractivity contribution in [2.45, 2.75) is 72.1 Å². The van der Waals surface area contributed by atoms with E-state index in [9.17, 15) is 0 Å². The van der Waals surface area contributed by atoms with Crippen molar-refractivity contribution >= 4 is 21.6 Å². The maximum Gasteiger partial charge on any atom is 3.00 e. The van der Waals surface area contributed by atoms with E-state index >= 15 is 0 Å². The number of nitrogens with zero attached hydrogens (tertiary/aromatic N) is 4. The zero-order chi connectivity index (χ0) is 24.7. The molecule has 0 aliphatic heterocycles. The summed E-state index contributed by atoms with van der Waals surface area (Å²) in [5.41, 5.74) is 5.62. The smallest absolute Gasteiger partial charge is 0.672 e. The van der Waals surface area contributed by atoms with E-state index in [0.29, 0.717) is 12.1 Å². The normalized spacial score (nSPS) is 11.5. The SMILES string of the molecule is CC(C)(C)c1c[c-]c(-c2ncnc3ccsc23)cc1.CC(C)[N-]C([N-]C(C)C)c1ccccc1.[Ir+3]. The van der Waals surface area contributed by atoms with Crippen molar-refractivity contribution in [1.82, 2.24) is 9.97 Å². The first kappa shape index (κ1) is 29.3. The second-order valence-electron chi connectivity index (χ2n) is 9.87. The van der Waals surface area contributed by atoms with Gasteiger partial charge in [0.05, 0.1) is 5.52 Å². The van der Waals surface area contributed by atoms with Crippen molar-refractivity contribution in [2.75, 3.05) is 0 Å². The van der Waals surface area contributed by atoms with Crippen LogP contribution in [0.1, 0.15) is 65.8 Å². The summed E-state index contributed by atoms with van der Waals surface area (Å²) < 4.78 is 1.13. The van der Waals surface area contributed by atoms with Crippen LogP contribution in [0.5, 0.6) is 0 Å². The Balaban J connectivity index is 0.000000247. The minimum absolute atomic E-state index is 0. The summed E-state index contributed by atoms with van der Waals surface area (Å²) in [6, 6.07) is 22.6. The van der Waals surface area contributed by atoms with Gasteiger partial charge in [-0.1, -0.05) is 84.4 Å². The summed E-state index contributed by atoms with van der Waals surface area (Å²) in [6.45, 7) is 15.0. The molecule has 0 radical (unpaired) electrons. The van der Waals surface area contributed by atoms with E-state index < -0.39 is 0 Å². The first-order chi connectivity index (χ1) is 16.1. The van der Waals surface area contributed by atoms with Gasteiger partial charge in [-0.15, -0.1) is 47.5 Å². The van der Waals surface area contributed by atoms with Gasteiger partial charge in [0.15, 0.2) is 0 Å². The monoisotopic (exact) mass is 664 g/mol. The van der Waals surface area contributed by atoms with Gasteiger partial charge in [-0.25, -0.2) is 11.1 Å². The van der Waals surface area contributed by atoms with Crippen LogP contribution in [-0.4, -0.2) is 22.1 Å². The van der Waals surface area contributed by atoms with E-state index in [2.05, 4.69) is 105 Å². The van der Waals surface area contributed by atoms with Gasteiger partial charge < -0.3 is 10.6 Å². The molecule has 186 valence electrons. The Morgan fingerprint density at radius 1 is 0.857 bits per heavy atom. The fourth-order valence-electron chi connectivity index (χ4n) is 3.42. The van der Waals surface area contributed by atoms with Crippen LogP contribution >= 0.6 is 11.3 Å². The van der Waals surface area contributed by atoms with E-state index in [0.717, 1.165) is 21.5 Å². The predicted molar refractivity (Wildman–Crippen MR) is 147 cm³/mol. The Hall–Kier alpha value is -1.95. The van der Waals surface area contributed by atoms with Crippen LogP contribution < -0.4 is 0 Å². The molecule has 4 aromatic rings. The molecule has 0 saturated carbocycles. The molecule has 0 spiro atoms. The summed E-state index contributed by atoms with van der Waals surface area (Å²) in [4.78, 5) is 8.68. The number of thiophene rings is 1. The molecule has 4 nitrogen and oxygen atoms in total. The molecule has 6 heteroatoms. The first-order valence-electron chi connectivity index (χ1n) is 11.8. The third-order valence-corrected chi connectivity index (χ3v) is 6.06. The Morgan fingerprint density at radius 3 is 2.06 bits per heavy atom. The molecular weight excluding hydrogens is 629 g/mol. The molecule has 2 heterocycles. The molecule has 0 aliphatic carbocycles.